The quantitative estimate of drug-likeness (QED) is 0.298. The number of benzene rings is 1. The average molecular weight is 263 g/mol. The van der Waals surface area contributed by atoms with E-state index in [0.717, 1.165) is 12.0 Å². The minimum Gasteiger partial charge on any atom is -0.507 e. The van der Waals surface area contributed by atoms with Gasteiger partial charge in [0.15, 0.2) is 0 Å². The van der Waals surface area contributed by atoms with Crippen LogP contribution in [-0.2, 0) is 6.42 Å². The predicted octanol–water partition coefficient (Wildman–Crippen LogP) is 4.49. The van der Waals surface area contributed by atoms with E-state index in [4.69, 9.17) is 5.21 Å². The van der Waals surface area contributed by atoms with Gasteiger partial charge in [-0.15, -0.1) is 0 Å². The van der Waals surface area contributed by atoms with E-state index in [1.54, 1.807) is 12.1 Å². The van der Waals surface area contributed by atoms with E-state index in [-0.39, 0.29) is 5.75 Å². The molecule has 1 rings (SSSR count). The molecule has 0 aliphatic rings. The third-order valence-electron chi connectivity index (χ3n) is 3.36. The van der Waals surface area contributed by atoms with E-state index in [1.165, 1.54) is 51.2 Å². The van der Waals surface area contributed by atoms with Crippen LogP contribution in [0.5, 0.6) is 5.75 Å². The van der Waals surface area contributed by atoms with Crippen molar-refractivity contribution in [2.45, 2.75) is 58.3 Å². The molecule has 0 aliphatic carbocycles. The second-order valence-electron chi connectivity index (χ2n) is 5.01. The van der Waals surface area contributed by atoms with E-state index in [0.29, 0.717) is 5.56 Å². The SMILES string of the molecule is CCCCCCCCCc1ccc(/C=N\O)c(O)c1. The number of hydrogen-bond acceptors (Lipinski definition) is 3. The minimum atomic E-state index is 0.179. The molecule has 0 bridgehead atoms. The highest BCUT2D eigenvalue weighted by molar-refractivity contribution is 5.82. The summed E-state index contributed by atoms with van der Waals surface area (Å²) in [6.45, 7) is 2.23. The van der Waals surface area contributed by atoms with Gasteiger partial charge in [0.1, 0.15) is 5.75 Å². The van der Waals surface area contributed by atoms with Crippen LogP contribution in [0, 0.1) is 0 Å². The summed E-state index contributed by atoms with van der Waals surface area (Å²) in [5.41, 5.74) is 1.69. The molecule has 0 saturated heterocycles. The number of phenols is 1. The summed E-state index contributed by atoms with van der Waals surface area (Å²) in [6.07, 6.45) is 11.3. The van der Waals surface area contributed by atoms with Crippen LogP contribution >= 0.6 is 0 Å². The fraction of sp³-hybridized carbons (Fsp3) is 0.562. The van der Waals surface area contributed by atoms with Crippen molar-refractivity contribution in [1.29, 1.82) is 0 Å². The summed E-state index contributed by atoms with van der Waals surface area (Å²) < 4.78 is 0. The van der Waals surface area contributed by atoms with Gasteiger partial charge in [-0.3, -0.25) is 0 Å². The van der Waals surface area contributed by atoms with Crippen molar-refractivity contribution < 1.29 is 10.3 Å². The smallest absolute Gasteiger partial charge is 0.124 e. The summed E-state index contributed by atoms with van der Waals surface area (Å²) in [7, 11) is 0. The topological polar surface area (TPSA) is 52.8 Å². The lowest BCUT2D eigenvalue weighted by atomic mass is 10.0. The van der Waals surface area contributed by atoms with Crippen molar-refractivity contribution in [3.63, 3.8) is 0 Å². The Hall–Kier alpha value is -1.51. The number of oxime groups is 1. The van der Waals surface area contributed by atoms with Crippen LogP contribution in [0.1, 0.15) is 63.0 Å². The predicted molar refractivity (Wildman–Crippen MR) is 79.2 cm³/mol. The first-order valence-electron chi connectivity index (χ1n) is 7.27. The molecule has 0 aromatic heterocycles. The summed E-state index contributed by atoms with van der Waals surface area (Å²) >= 11 is 0. The van der Waals surface area contributed by atoms with Crippen LogP contribution in [0.25, 0.3) is 0 Å². The number of nitrogens with zero attached hydrogens (tertiary/aromatic N) is 1. The maximum Gasteiger partial charge on any atom is 0.124 e. The second kappa shape index (κ2) is 9.42. The Balaban J connectivity index is 2.24. The lowest BCUT2D eigenvalue weighted by molar-refractivity contribution is 0.321. The van der Waals surface area contributed by atoms with Crippen LogP contribution in [0.15, 0.2) is 23.4 Å². The largest absolute Gasteiger partial charge is 0.507 e. The van der Waals surface area contributed by atoms with Crippen molar-refractivity contribution in [3.05, 3.63) is 29.3 Å². The van der Waals surface area contributed by atoms with Gasteiger partial charge in [0.05, 0.1) is 6.21 Å². The number of hydrogen-bond donors (Lipinski definition) is 2. The summed E-state index contributed by atoms with van der Waals surface area (Å²) in [5, 5.41) is 21.1. The van der Waals surface area contributed by atoms with E-state index in [2.05, 4.69) is 12.1 Å². The maximum absolute atomic E-state index is 9.72. The Morgan fingerprint density at radius 1 is 1.05 bits per heavy atom. The second-order valence-corrected chi connectivity index (χ2v) is 5.01. The molecule has 106 valence electrons. The van der Waals surface area contributed by atoms with Gasteiger partial charge in [0.25, 0.3) is 0 Å². The Morgan fingerprint density at radius 3 is 2.37 bits per heavy atom. The van der Waals surface area contributed by atoms with Crippen LogP contribution < -0.4 is 0 Å². The molecule has 0 radical (unpaired) electrons. The van der Waals surface area contributed by atoms with Crippen LogP contribution in [0.3, 0.4) is 0 Å². The molecule has 1 aromatic carbocycles. The first-order valence-corrected chi connectivity index (χ1v) is 7.27. The van der Waals surface area contributed by atoms with Gasteiger partial charge in [-0.25, -0.2) is 0 Å². The standard InChI is InChI=1S/C16H25NO2/c1-2-3-4-5-6-7-8-9-14-10-11-15(13-17-19)16(18)12-14/h10-13,18-19H,2-9H2,1H3/b17-13-. The Bertz CT molecular complexity index is 388. The van der Waals surface area contributed by atoms with Crippen molar-refractivity contribution in [2.24, 2.45) is 5.16 Å². The third kappa shape index (κ3) is 6.27. The van der Waals surface area contributed by atoms with Gasteiger partial charge >= 0.3 is 0 Å². The number of unbranched alkanes of at least 4 members (excludes halogenated alkanes) is 6. The van der Waals surface area contributed by atoms with E-state index in [1.807, 2.05) is 6.07 Å². The van der Waals surface area contributed by atoms with E-state index >= 15 is 0 Å². The zero-order valence-electron chi connectivity index (χ0n) is 11.8. The van der Waals surface area contributed by atoms with Crippen LogP contribution in [0.2, 0.25) is 0 Å². The van der Waals surface area contributed by atoms with Crippen molar-refractivity contribution in [3.8, 4) is 5.75 Å². The Labute approximate surface area is 116 Å². The minimum absolute atomic E-state index is 0.179. The fourth-order valence-electron chi connectivity index (χ4n) is 2.20. The molecule has 0 atom stereocenters. The van der Waals surface area contributed by atoms with Crippen molar-refractivity contribution in [2.75, 3.05) is 0 Å². The van der Waals surface area contributed by atoms with E-state index < -0.39 is 0 Å². The molecule has 2 N–H and O–H groups in total. The molecular weight excluding hydrogens is 238 g/mol. The number of rotatable bonds is 9. The Kier molecular flexibility index (Phi) is 7.71. The first kappa shape index (κ1) is 15.5. The van der Waals surface area contributed by atoms with Crippen molar-refractivity contribution >= 4 is 6.21 Å². The maximum atomic E-state index is 9.72. The number of aromatic hydroxyl groups is 1. The van der Waals surface area contributed by atoms with Gasteiger partial charge in [-0.2, -0.15) is 0 Å². The van der Waals surface area contributed by atoms with Crippen LogP contribution in [-0.4, -0.2) is 16.5 Å². The highest BCUT2D eigenvalue weighted by Gasteiger charge is 2.01. The first-order chi connectivity index (χ1) is 9.27. The molecule has 3 heteroatoms. The van der Waals surface area contributed by atoms with E-state index in [9.17, 15) is 5.11 Å². The molecule has 0 fully saturated rings. The van der Waals surface area contributed by atoms with Crippen LogP contribution in [0.4, 0.5) is 0 Å². The summed E-state index contributed by atoms with van der Waals surface area (Å²) in [5.74, 6) is 0.179. The molecule has 0 heterocycles. The molecule has 19 heavy (non-hydrogen) atoms. The summed E-state index contributed by atoms with van der Waals surface area (Å²) in [6, 6.07) is 5.52. The Morgan fingerprint density at radius 2 is 1.74 bits per heavy atom. The molecule has 0 amide bonds. The van der Waals surface area contributed by atoms with Gasteiger partial charge in [-0.05, 0) is 30.5 Å². The molecular formula is C16H25NO2. The molecule has 0 saturated carbocycles. The highest BCUT2D eigenvalue weighted by atomic mass is 16.4. The lowest BCUT2D eigenvalue weighted by Crippen LogP contribution is -1.89. The average Bonchev–Trinajstić information content (AvgIpc) is 2.41. The van der Waals surface area contributed by atoms with Gasteiger partial charge in [0.2, 0.25) is 0 Å². The van der Waals surface area contributed by atoms with Gasteiger partial charge in [-0.1, -0.05) is 56.7 Å². The molecule has 0 spiro atoms. The zero-order valence-corrected chi connectivity index (χ0v) is 11.8. The molecule has 0 unspecified atom stereocenters. The van der Waals surface area contributed by atoms with Gasteiger partial charge < -0.3 is 10.3 Å². The highest BCUT2D eigenvalue weighted by Crippen LogP contribution is 2.19. The molecule has 1 aromatic rings. The lowest BCUT2D eigenvalue weighted by Gasteiger charge is -2.04. The van der Waals surface area contributed by atoms with Crippen molar-refractivity contribution in [1.82, 2.24) is 0 Å². The molecule has 3 nitrogen and oxygen atoms in total. The zero-order chi connectivity index (χ0) is 13.9. The third-order valence-corrected chi connectivity index (χ3v) is 3.36. The number of aryl methyl sites for hydroxylation is 1. The van der Waals surface area contributed by atoms with Gasteiger partial charge in [0, 0.05) is 5.56 Å². The summed E-state index contributed by atoms with van der Waals surface area (Å²) in [4.78, 5) is 0. The normalized spacial score (nSPS) is 11.2. The number of phenolic OH excluding ortho intramolecular Hbond substituents is 1. The molecule has 0 aliphatic heterocycles. The fourth-order valence-corrected chi connectivity index (χ4v) is 2.20. The monoisotopic (exact) mass is 263 g/mol.